The van der Waals surface area contributed by atoms with Gasteiger partial charge in [0.1, 0.15) is 5.58 Å². The molecule has 3 aromatic rings. The monoisotopic (exact) mass is 389 g/mol. The van der Waals surface area contributed by atoms with Gasteiger partial charge in [0.25, 0.3) is 0 Å². The van der Waals surface area contributed by atoms with Gasteiger partial charge in [0, 0.05) is 23.9 Å². The van der Waals surface area contributed by atoms with E-state index in [0.29, 0.717) is 5.92 Å². The maximum Gasteiger partial charge on any atom is 0.158 e. The van der Waals surface area contributed by atoms with E-state index in [-0.39, 0.29) is 6.04 Å². The summed E-state index contributed by atoms with van der Waals surface area (Å²) in [6.45, 7) is 11.0. The molecule has 2 heteroatoms. The number of fused-ring (bicyclic) bond motifs is 3. The van der Waals surface area contributed by atoms with E-state index in [2.05, 4.69) is 101 Å². The van der Waals surface area contributed by atoms with Gasteiger partial charge in [0.2, 0.25) is 0 Å². The predicted octanol–water partition coefficient (Wildman–Crippen LogP) is 8.23. The van der Waals surface area contributed by atoms with E-state index in [9.17, 15) is 0 Å². The Balaban J connectivity index is 2.05. The van der Waals surface area contributed by atoms with Crippen LogP contribution in [0.3, 0.4) is 0 Å². The van der Waals surface area contributed by atoms with Gasteiger partial charge in [0.05, 0.1) is 5.69 Å². The van der Waals surface area contributed by atoms with Crippen molar-refractivity contribution in [1.82, 2.24) is 0 Å². The van der Waals surface area contributed by atoms with E-state index < -0.39 is 0 Å². The van der Waals surface area contributed by atoms with Crippen LogP contribution in [-0.4, -0.2) is 13.1 Å². The van der Waals surface area contributed by atoms with Crippen LogP contribution in [0.25, 0.3) is 21.9 Å². The van der Waals surface area contributed by atoms with Gasteiger partial charge in [-0.2, -0.15) is 0 Å². The highest BCUT2D eigenvalue weighted by molar-refractivity contribution is 6.09. The van der Waals surface area contributed by atoms with Crippen molar-refractivity contribution in [3.63, 3.8) is 0 Å². The summed E-state index contributed by atoms with van der Waals surface area (Å²) in [5, 5.41) is 2.43. The summed E-state index contributed by atoms with van der Waals surface area (Å²) in [5.74, 6) is 0.506. The Morgan fingerprint density at radius 3 is 2.45 bits per heavy atom. The Morgan fingerprint density at radius 2 is 1.76 bits per heavy atom. The highest BCUT2D eigenvalue weighted by Crippen LogP contribution is 2.39. The zero-order chi connectivity index (χ0) is 21.0. The molecule has 2 unspecified atom stereocenters. The highest BCUT2D eigenvalue weighted by Gasteiger charge is 2.19. The molecule has 0 spiro atoms. The molecule has 0 amide bonds. The first kappa shape index (κ1) is 21.2. The van der Waals surface area contributed by atoms with Crippen molar-refractivity contribution in [2.75, 3.05) is 11.9 Å². The maximum atomic E-state index is 6.56. The predicted molar refractivity (Wildman–Crippen MR) is 128 cm³/mol. The fraction of sp³-hybridized carbons (Fsp3) is 0.407. The molecule has 0 aliphatic carbocycles. The first-order valence-electron chi connectivity index (χ1n) is 11.0. The summed E-state index contributed by atoms with van der Waals surface area (Å²) in [7, 11) is 2.15. The molecule has 0 saturated carbocycles. The summed E-state index contributed by atoms with van der Waals surface area (Å²) in [6.07, 6.45) is 10.2. The largest absolute Gasteiger partial charge is 0.454 e. The van der Waals surface area contributed by atoms with Gasteiger partial charge >= 0.3 is 0 Å². The summed E-state index contributed by atoms with van der Waals surface area (Å²) in [6, 6.07) is 13.4. The molecule has 3 rings (SSSR count). The number of anilines is 1. The van der Waals surface area contributed by atoms with Crippen LogP contribution in [0, 0.1) is 0 Å². The quantitative estimate of drug-likeness (QED) is 0.361. The second-order valence-corrected chi connectivity index (χ2v) is 8.27. The molecule has 2 atom stereocenters. The Morgan fingerprint density at radius 1 is 1.07 bits per heavy atom. The molecule has 0 N–H and O–H groups in total. The Hall–Kier alpha value is -2.48. The van der Waals surface area contributed by atoms with Crippen molar-refractivity contribution in [3.8, 4) is 0 Å². The molecule has 1 heterocycles. The van der Waals surface area contributed by atoms with Crippen LogP contribution in [0.5, 0.6) is 0 Å². The van der Waals surface area contributed by atoms with Gasteiger partial charge in [-0.05, 0) is 44.7 Å². The normalized spacial score (nSPS) is 14.8. The van der Waals surface area contributed by atoms with E-state index in [1.54, 1.807) is 0 Å². The van der Waals surface area contributed by atoms with Crippen LogP contribution in [-0.2, 0) is 0 Å². The average Bonchev–Trinajstić information content (AvgIpc) is 3.13. The lowest BCUT2D eigenvalue weighted by molar-refractivity contribution is 0.606. The molecule has 2 nitrogen and oxygen atoms in total. The number of benzene rings is 2. The molecule has 0 fully saturated rings. The lowest BCUT2D eigenvalue weighted by Gasteiger charge is -2.24. The van der Waals surface area contributed by atoms with Crippen molar-refractivity contribution in [3.05, 3.63) is 65.8 Å². The van der Waals surface area contributed by atoms with E-state index >= 15 is 0 Å². The molecule has 0 radical (unpaired) electrons. The zero-order valence-electron chi connectivity index (χ0n) is 18.8. The van der Waals surface area contributed by atoms with E-state index in [0.717, 1.165) is 16.9 Å². The first-order chi connectivity index (χ1) is 14.0. The summed E-state index contributed by atoms with van der Waals surface area (Å²) in [4.78, 5) is 2.30. The number of likely N-dealkylation sites (N-methyl/N-ethyl adjacent to an activating group) is 1. The van der Waals surface area contributed by atoms with Crippen LogP contribution in [0.2, 0.25) is 0 Å². The van der Waals surface area contributed by atoms with Gasteiger partial charge in [-0.25, -0.2) is 0 Å². The fourth-order valence-corrected chi connectivity index (χ4v) is 3.89. The smallest absolute Gasteiger partial charge is 0.158 e. The molecule has 0 saturated heterocycles. The number of unbranched alkanes of at least 4 members (excludes halogenated alkanes) is 1. The summed E-state index contributed by atoms with van der Waals surface area (Å²) < 4.78 is 6.56. The van der Waals surface area contributed by atoms with Crippen molar-refractivity contribution in [2.45, 2.75) is 65.8 Å². The van der Waals surface area contributed by atoms with E-state index in [4.69, 9.17) is 4.42 Å². The lowest BCUT2D eigenvalue weighted by Crippen LogP contribution is -2.26. The molecule has 0 aliphatic rings. The van der Waals surface area contributed by atoms with Crippen LogP contribution in [0.4, 0.5) is 5.69 Å². The van der Waals surface area contributed by atoms with Crippen LogP contribution < -0.4 is 4.90 Å². The number of allylic oxidation sites excluding steroid dienone is 3. The van der Waals surface area contributed by atoms with Crippen LogP contribution >= 0.6 is 0 Å². The van der Waals surface area contributed by atoms with Gasteiger partial charge < -0.3 is 9.32 Å². The molecule has 2 aromatic carbocycles. The minimum atomic E-state index is 0.270. The SMILES string of the molecule is C/C=C(C)/C=C\C(C)N(C)c1cccc2c1oc1c(C(C)CCCC)cccc12. The van der Waals surface area contributed by atoms with Gasteiger partial charge in [-0.15, -0.1) is 0 Å². The van der Waals surface area contributed by atoms with Gasteiger partial charge in [0.15, 0.2) is 5.58 Å². The third kappa shape index (κ3) is 4.42. The minimum Gasteiger partial charge on any atom is -0.454 e. The third-order valence-electron chi connectivity index (χ3n) is 6.14. The number of hydrogen-bond acceptors (Lipinski definition) is 2. The number of para-hydroxylation sites is 2. The third-order valence-corrected chi connectivity index (χ3v) is 6.14. The lowest BCUT2D eigenvalue weighted by atomic mass is 9.94. The molecule has 1 aromatic heterocycles. The van der Waals surface area contributed by atoms with Crippen molar-refractivity contribution in [1.29, 1.82) is 0 Å². The second kappa shape index (κ2) is 9.35. The molecule has 0 bridgehead atoms. The van der Waals surface area contributed by atoms with Gasteiger partial charge in [-0.1, -0.05) is 80.8 Å². The molecular formula is C27H35NO. The fourth-order valence-electron chi connectivity index (χ4n) is 3.89. The molecule has 154 valence electrons. The van der Waals surface area contributed by atoms with E-state index in [1.807, 2.05) is 0 Å². The second-order valence-electron chi connectivity index (χ2n) is 8.27. The number of hydrogen-bond donors (Lipinski definition) is 0. The standard InChI is InChI=1S/C27H35NO/c1-7-9-12-20(4)22-13-10-14-23-24-15-11-16-25(27(24)29-26(22)23)28(6)21(5)18-17-19(3)8-2/h8,10-11,13-18,20-21H,7,9,12H2,1-6H3/b18-17-,19-8+. The van der Waals surface area contributed by atoms with Crippen LogP contribution in [0.15, 0.2) is 64.6 Å². The maximum absolute atomic E-state index is 6.56. The Kier molecular flexibility index (Phi) is 6.84. The Bertz CT molecular complexity index is 1020. The topological polar surface area (TPSA) is 16.4 Å². The summed E-state index contributed by atoms with van der Waals surface area (Å²) in [5.41, 5.74) is 5.79. The highest BCUT2D eigenvalue weighted by atomic mass is 16.3. The number of nitrogens with zero attached hydrogens (tertiary/aromatic N) is 1. The molecular weight excluding hydrogens is 354 g/mol. The molecule has 0 aliphatic heterocycles. The Labute approximate surface area is 175 Å². The van der Waals surface area contributed by atoms with E-state index in [1.165, 1.54) is 41.2 Å². The number of furan rings is 1. The van der Waals surface area contributed by atoms with Crippen LogP contribution in [0.1, 0.15) is 65.4 Å². The minimum absolute atomic E-state index is 0.270. The van der Waals surface area contributed by atoms with Crippen molar-refractivity contribution >= 4 is 27.6 Å². The van der Waals surface area contributed by atoms with Gasteiger partial charge in [-0.3, -0.25) is 0 Å². The molecule has 29 heavy (non-hydrogen) atoms. The van der Waals surface area contributed by atoms with Crippen molar-refractivity contribution < 1.29 is 4.42 Å². The number of rotatable bonds is 8. The van der Waals surface area contributed by atoms with Crippen molar-refractivity contribution in [2.24, 2.45) is 0 Å². The average molecular weight is 390 g/mol. The zero-order valence-corrected chi connectivity index (χ0v) is 18.8. The first-order valence-corrected chi connectivity index (χ1v) is 11.0. The summed E-state index contributed by atoms with van der Waals surface area (Å²) >= 11 is 0.